The van der Waals surface area contributed by atoms with Crippen LogP contribution in [0.15, 0.2) is 17.5 Å². The van der Waals surface area contributed by atoms with Gasteiger partial charge in [0.15, 0.2) is 6.10 Å². The highest BCUT2D eigenvalue weighted by Gasteiger charge is 2.10. The van der Waals surface area contributed by atoms with Gasteiger partial charge in [0.2, 0.25) is 0 Å². The molecule has 0 saturated heterocycles. The van der Waals surface area contributed by atoms with Gasteiger partial charge < -0.3 is 4.74 Å². The average molecular weight is 222 g/mol. The van der Waals surface area contributed by atoms with E-state index in [4.69, 9.17) is 4.74 Å². The van der Waals surface area contributed by atoms with Crippen molar-refractivity contribution in [3.8, 4) is 11.8 Å². The van der Waals surface area contributed by atoms with E-state index in [1.165, 1.54) is 0 Å². The normalized spacial score (nSPS) is 11.3. The molecule has 0 radical (unpaired) electrons. The second-order valence-corrected chi connectivity index (χ2v) is 4.07. The van der Waals surface area contributed by atoms with Gasteiger partial charge in [0.25, 0.3) is 0 Å². The molecule has 0 aliphatic carbocycles. The zero-order valence-electron chi connectivity index (χ0n) is 8.95. The van der Waals surface area contributed by atoms with Crippen LogP contribution < -0.4 is 0 Å². The zero-order valence-corrected chi connectivity index (χ0v) is 9.76. The van der Waals surface area contributed by atoms with E-state index >= 15 is 0 Å². The minimum absolute atomic E-state index is 0.202. The van der Waals surface area contributed by atoms with Crippen molar-refractivity contribution in [1.29, 1.82) is 0 Å². The predicted octanol–water partition coefficient (Wildman–Crippen LogP) is 2.64. The van der Waals surface area contributed by atoms with Gasteiger partial charge in [0.05, 0.1) is 6.42 Å². The van der Waals surface area contributed by atoms with Crippen LogP contribution in [0.4, 0.5) is 0 Å². The van der Waals surface area contributed by atoms with Gasteiger partial charge in [-0.2, -0.15) is 0 Å². The Morgan fingerprint density at radius 3 is 3.00 bits per heavy atom. The topological polar surface area (TPSA) is 26.3 Å². The Balaban J connectivity index is 2.43. The maximum absolute atomic E-state index is 11.5. The van der Waals surface area contributed by atoms with Crippen LogP contribution in [0.1, 0.15) is 25.1 Å². The standard InChI is InChI=1S/C12H14O2S/c1-3-6-10(4-2)14-12(13)9-11-7-5-8-15-11/h5,7-8,10H,4,9H2,1-2H3. The summed E-state index contributed by atoms with van der Waals surface area (Å²) in [5, 5.41) is 1.95. The minimum Gasteiger partial charge on any atom is -0.449 e. The molecule has 1 rings (SSSR count). The van der Waals surface area contributed by atoms with Crippen LogP contribution in [-0.2, 0) is 16.0 Å². The van der Waals surface area contributed by atoms with Crippen molar-refractivity contribution in [2.45, 2.75) is 32.8 Å². The lowest BCUT2D eigenvalue weighted by Crippen LogP contribution is -2.16. The summed E-state index contributed by atoms with van der Waals surface area (Å²) in [4.78, 5) is 12.5. The number of hydrogen-bond donors (Lipinski definition) is 0. The van der Waals surface area contributed by atoms with Crippen molar-refractivity contribution >= 4 is 17.3 Å². The molecule has 1 aromatic heterocycles. The van der Waals surface area contributed by atoms with Gasteiger partial charge in [0.1, 0.15) is 0 Å². The van der Waals surface area contributed by atoms with Crippen LogP contribution >= 0.6 is 11.3 Å². The lowest BCUT2D eigenvalue weighted by Gasteiger charge is -2.09. The van der Waals surface area contributed by atoms with Gasteiger partial charge in [-0.1, -0.05) is 18.9 Å². The Hall–Kier alpha value is -1.27. The SMILES string of the molecule is CC#CC(CC)OC(=O)Cc1cccs1. The van der Waals surface area contributed by atoms with E-state index in [2.05, 4.69) is 11.8 Å². The Morgan fingerprint density at radius 2 is 2.47 bits per heavy atom. The highest BCUT2D eigenvalue weighted by molar-refractivity contribution is 7.10. The van der Waals surface area contributed by atoms with E-state index in [1.807, 2.05) is 24.4 Å². The molecule has 80 valence electrons. The maximum atomic E-state index is 11.5. The van der Waals surface area contributed by atoms with Crippen LogP contribution in [0, 0.1) is 11.8 Å². The molecule has 0 aliphatic rings. The Kier molecular flexibility index (Phi) is 4.92. The number of carbonyl (C=O) groups excluding carboxylic acids is 1. The molecule has 15 heavy (non-hydrogen) atoms. The van der Waals surface area contributed by atoms with Crippen molar-refractivity contribution in [2.24, 2.45) is 0 Å². The fraction of sp³-hybridized carbons (Fsp3) is 0.417. The number of esters is 1. The van der Waals surface area contributed by atoms with Crippen LogP contribution in [0.5, 0.6) is 0 Å². The monoisotopic (exact) mass is 222 g/mol. The summed E-state index contributed by atoms with van der Waals surface area (Å²) in [5.74, 6) is 5.41. The quantitative estimate of drug-likeness (QED) is 0.578. The van der Waals surface area contributed by atoms with Gasteiger partial charge in [-0.15, -0.1) is 17.3 Å². The first-order chi connectivity index (χ1) is 7.26. The highest BCUT2D eigenvalue weighted by Crippen LogP contribution is 2.10. The lowest BCUT2D eigenvalue weighted by molar-refractivity contribution is -0.145. The fourth-order valence-electron chi connectivity index (χ4n) is 1.13. The molecule has 0 spiro atoms. The lowest BCUT2D eigenvalue weighted by atomic mass is 10.3. The van der Waals surface area contributed by atoms with Gasteiger partial charge >= 0.3 is 5.97 Å². The average Bonchev–Trinajstić information content (AvgIpc) is 2.69. The van der Waals surface area contributed by atoms with Crippen LogP contribution in [0.3, 0.4) is 0 Å². The number of rotatable bonds is 4. The molecule has 0 amide bonds. The van der Waals surface area contributed by atoms with E-state index < -0.39 is 0 Å². The van der Waals surface area contributed by atoms with Crippen molar-refractivity contribution in [1.82, 2.24) is 0 Å². The molecule has 3 heteroatoms. The zero-order chi connectivity index (χ0) is 11.1. The molecular weight excluding hydrogens is 208 g/mol. The molecule has 1 heterocycles. The fourth-order valence-corrected chi connectivity index (χ4v) is 1.82. The van der Waals surface area contributed by atoms with Gasteiger partial charge in [-0.3, -0.25) is 4.79 Å². The third kappa shape index (κ3) is 4.18. The third-order valence-corrected chi connectivity index (χ3v) is 2.72. The summed E-state index contributed by atoms with van der Waals surface area (Å²) in [6, 6.07) is 3.86. The van der Waals surface area contributed by atoms with Crippen molar-refractivity contribution < 1.29 is 9.53 Å². The van der Waals surface area contributed by atoms with E-state index in [0.717, 1.165) is 11.3 Å². The third-order valence-electron chi connectivity index (χ3n) is 1.85. The van der Waals surface area contributed by atoms with Crippen LogP contribution in [-0.4, -0.2) is 12.1 Å². The van der Waals surface area contributed by atoms with Gasteiger partial charge in [-0.25, -0.2) is 0 Å². The smallest absolute Gasteiger partial charge is 0.312 e. The summed E-state index contributed by atoms with van der Waals surface area (Å²) in [6.45, 7) is 3.70. The molecule has 0 aliphatic heterocycles. The minimum atomic E-state index is -0.262. The Morgan fingerprint density at radius 1 is 1.67 bits per heavy atom. The highest BCUT2D eigenvalue weighted by atomic mass is 32.1. The largest absolute Gasteiger partial charge is 0.449 e. The first-order valence-corrected chi connectivity index (χ1v) is 5.78. The van der Waals surface area contributed by atoms with Crippen molar-refractivity contribution in [2.75, 3.05) is 0 Å². The number of carbonyl (C=O) groups is 1. The molecule has 0 saturated carbocycles. The number of thiophene rings is 1. The second kappa shape index (κ2) is 6.26. The van der Waals surface area contributed by atoms with E-state index in [1.54, 1.807) is 18.3 Å². The van der Waals surface area contributed by atoms with Crippen LogP contribution in [0.2, 0.25) is 0 Å². The summed E-state index contributed by atoms with van der Waals surface area (Å²) >= 11 is 1.56. The summed E-state index contributed by atoms with van der Waals surface area (Å²) in [7, 11) is 0. The molecular formula is C12H14O2S. The molecule has 2 nitrogen and oxygen atoms in total. The molecule has 0 bridgehead atoms. The van der Waals surface area contributed by atoms with Crippen LogP contribution in [0.25, 0.3) is 0 Å². The summed E-state index contributed by atoms with van der Waals surface area (Å²) in [6.07, 6.45) is 0.818. The molecule has 0 fully saturated rings. The molecule has 1 aromatic rings. The molecule has 1 atom stereocenters. The first-order valence-electron chi connectivity index (χ1n) is 4.90. The predicted molar refractivity (Wildman–Crippen MR) is 61.6 cm³/mol. The maximum Gasteiger partial charge on any atom is 0.312 e. The van der Waals surface area contributed by atoms with Crippen molar-refractivity contribution in [3.63, 3.8) is 0 Å². The second-order valence-electron chi connectivity index (χ2n) is 3.04. The van der Waals surface area contributed by atoms with Crippen molar-refractivity contribution in [3.05, 3.63) is 22.4 Å². The number of ether oxygens (including phenoxy) is 1. The first kappa shape index (κ1) is 11.8. The Labute approximate surface area is 94.3 Å². The molecule has 0 N–H and O–H groups in total. The molecule has 1 unspecified atom stereocenters. The summed E-state index contributed by atoms with van der Waals surface area (Å²) < 4.78 is 5.21. The van der Waals surface area contributed by atoms with E-state index in [-0.39, 0.29) is 12.1 Å². The Bertz CT molecular complexity index is 357. The summed E-state index contributed by atoms with van der Waals surface area (Å²) in [5.41, 5.74) is 0. The van der Waals surface area contributed by atoms with E-state index in [0.29, 0.717) is 6.42 Å². The van der Waals surface area contributed by atoms with Gasteiger partial charge in [0, 0.05) is 4.88 Å². The van der Waals surface area contributed by atoms with E-state index in [9.17, 15) is 4.79 Å². The molecule has 0 aromatic carbocycles. The number of hydrogen-bond acceptors (Lipinski definition) is 3. The van der Waals surface area contributed by atoms with Gasteiger partial charge in [-0.05, 0) is 24.8 Å².